The Kier molecular flexibility index (Phi) is 2.94. The minimum absolute atomic E-state index is 0.837. The van der Waals surface area contributed by atoms with E-state index in [1.807, 2.05) is 54.7 Å². The third-order valence-electron chi connectivity index (χ3n) is 2.67. The molecule has 0 atom stereocenters. The number of nitrogens with one attached hydrogen (secondary N) is 1. The van der Waals surface area contributed by atoms with Gasteiger partial charge in [0.1, 0.15) is 5.69 Å². The molecule has 0 aliphatic rings. The van der Waals surface area contributed by atoms with Crippen molar-refractivity contribution in [3.05, 3.63) is 59.2 Å². The van der Waals surface area contributed by atoms with E-state index in [1.165, 1.54) is 0 Å². The number of benzene rings is 2. The number of para-hydroxylation sites is 1. The molecular weight excluding hydrogens is 290 g/mol. The van der Waals surface area contributed by atoms with Gasteiger partial charge in [0.05, 0.1) is 5.69 Å². The molecule has 1 N–H and O–H groups in total. The zero-order valence-corrected chi connectivity index (χ0v) is 11.1. The van der Waals surface area contributed by atoms with E-state index in [9.17, 15) is 0 Å². The SMILES string of the molecule is Brc1ccc(/N=N/c2c[nH]c3ccccc23)cc1. The van der Waals surface area contributed by atoms with E-state index in [-0.39, 0.29) is 0 Å². The van der Waals surface area contributed by atoms with Gasteiger partial charge in [0, 0.05) is 21.6 Å². The van der Waals surface area contributed by atoms with Gasteiger partial charge in [-0.1, -0.05) is 34.1 Å². The summed E-state index contributed by atoms with van der Waals surface area (Å²) >= 11 is 3.39. The van der Waals surface area contributed by atoms with Crippen LogP contribution < -0.4 is 0 Å². The number of hydrogen-bond acceptors (Lipinski definition) is 2. The molecule has 0 amide bonds. The Labute approximate surface area is 113 Å². The van der Waals surface area contributed by atoms with Gasteiger partial charge in [0.25, 0.3) is 0 Å². The number of aromatic nitrogens is 1. The summed E-state index contributed by atoms with van der Waals surface area (Å²) in [6, 6.07) is 15.8. The van der Waals surface area contributed by atoms with Gasteiger partial charge in [-0.2, -0.15) is 5.11 Å². The molecule has 3 nitrogen and oxygen atoms in total. The molecule has 0 saturated carbocycles. The standard InChI is InChI=1S/C14H10BrN3/c15-10-5-7-11(8-6-10)17-18-14-9-16-13-4-2-1-3-12(13)14/h1-9,16H/b18-17+. The average Bonchev–Trinajstić information content (AvgIpc) is 2.82. The van der Waals surface area contributed by atoms with Crippen LogP contribution in [0.4, 0.5) is 11.4 Å². The summed E-state index contributed by atoms with van der Waals surface area (Å²) in [5.41, 5.74) is 2.76. The second-order valence-corrected chi connectivity index (χ2v) is 4.81. The van der Waals surface area contributed by atoms with Gasteiger partial charge in [-0.05, 0) is 30.3 Å². The Morgan fingerprint density at radius 2 is 1.67 bits per heavy atom. The molecule has 0 bridgehead atoms. The van der Waals surface area contributed by atoms with Crippen molar-refractivity contribution < 1.29 is 0 Å². The Hall–Kier alpha value is -1.94. The topological polar surface area (TPSA) is 40.5 Å². The van der Waals surface area contributed by atoms with E-state index in [1.54, 1.807) is 0 Å². The first-order chi connectivity index (χ1) is 8.83. The van der Waals surface area contributed by atoms with Gasteiger partial charge >= 0.3 is 0 Å². The predicted octanol–water partition coefficient (Wildman–Crippen LogP) is 5.35. The van der Waals surface area contributed by atoms with Gasteiger partial charge in [-0.25, -0.2) is 0 Å². The first kappa shape index (κ1) is 11.2. The molecule has 0 radical (unpaired) electrons. The van der Waals surface area contributed by atoms with Crippen molar-refractivity contribution in [3.63, 3.8) is 0 Å². The fourth-order valence-electron chi connectivity index (χ4n) is 1.76. The Bertz CT molecular complexity index is 698. The molecule has 0 spiro atoms. The molecule has 3 rings (SSSR count). The highest BCUT2D eigenvalue weighted by Gasteiger charge is 2.00. The summed E-state index contributed by atoms with van der Waals surface area (Å²) in [5.74, 6) is 0. The average molecular weight is 300 g/mol. The first-order valence-electron chi connectivity index (χ1n) is 5.56. The van der Waals surface area contributed by atoms with E-state index in [2.05, 4.69) is 31.1 Å². The van der Waals surface area contributed by atoms with Gasteiger partial charge in [-0.3, -0.25) is 0 Å². The highest BCUT2D eigenvalue weighted by molar-refractivity contribution is 9.10. The van der Waals surface area contributed by atoms with Crippen LogP contribution in [0.15, 0.2) is 69.4 Å². The lowest BCUT2D eigenvalue weighted by molar-refractivity contribution is 1.24. The quantitative estimate of drug-likeness (QED) is 0.620. The number of H-pyrrole nitrogens is 1. The second-order valence-electron chi connectivity index (χ2n) is 3.90. The van der Waals surface area contributed by atoms with Gasteiger partial charge in [0.15, 0.2) is 0 Å². The van der Waals surface area contributed by atoms with E-state index >= 15 is 0 Å². The summed E-state index contributed by atoms with van der Waals surface area (Å²) in [7, 11) is 0. The normalized spacial score (nSPS) is 11.4. The van der Waals surface area contributed by atoms with Crippen molar-refractivity contribution in [1.29, 1.82) is 0 Å². The van der Waals surface area contributed by atoms with E-state index in [0.29, 0.717) is 0 Å². The lowest BCUT2D eigenvalue weighted by atomic mass is 10.2. The molecule has 88 valence electrons. The minimum atomic E-state index is 0.837. The van der Waals surface area contributed by atoms with Crippen LogP contribution in [-0.4, -0.2) is 4.98 Å². The Morgan fingerprint density at radius 1 is 0.889 bits per heavy atom. The van der Waals surface area contributed by atoms with E-state index in [4.69, 9.17) is 0 Å². The van der Waals surface area contributed by atoms with Crippen LogP contribution in [0.1, 0.15) is 0 Å². The minimum Gasteiger partial charge on any atom is -0.359 e. The maximum atomic E-state index is 4.27. The van der Waals surface area contributed by atoms with Crippen LogP contribution >= 0.6 is 15.9 Å². The second kappa shape index (κ2) is 4.74. The fraction of sp³-hybridized carbons (Fsp3) is 0. The molecule has 0 aliphatic heterocycles. The zero-order chi connectivity index (χ0) is 12.4. The third kappa shape index (κ3) is 2.19. The first-order valence-corrected chi connectivity index (χ1v) is 6.36. The van der Waals surface area contributed by atoms with Crippen LogP contribution in [0.2, 0.25) is 0 Å². The lowest BCUT2D eigenvalue weighted by Gasteiger charge is -1.93. The van der Waals surface area contributed by atoms with Gasteiger partial charge in [-0.15, -0.1) is 5.11 Å². The van der Waals surface area contributed by atoms with E-state index < -0.39 is 0 Å². The number of hydrogen-bond donors (Lipinski definition) is 1. The molecule has 0 aliphatic carbocycles. The number of fused-ring (bicyclic) bond motifs is 1. The molecule has 18 heavy (non-hydrogen) atoms. The van der Waals surface area contributed by atoms with Crippen molar-refractivity contribution in [2.45, 2.75) is 0 Å². The number of aromatic amines is 1. The summed E-state index contributed by atoms with van der Waals surface area (Å²) in [4.78, 5) is 3.17. The summed E-state index contributed by atoms with van der Waals surface area (Å²) < 4.78 is 1.04. The monoisotopic (exact) mass is 299 g/mol. The van der Waals surface area contributed by atoms with Crippen molar-refractivity contribution in [3.8, 4) is 0 Å². The highest BCUT2D eigenvalue weighted by atomic mass is 79.9. The highest BCUT2D eigenvalue weighted by Crippen LogP contribution is 2.27. The molecule has 1 aromatic heterocycles. The maximum Gasteiger partial charge on any atom is 0.111 e. The van der Waals surface area contributed by atoms with E-state index in [0.717, 1.165) is 26.8 Å². The van der Waals surface area contributed by atoms with Gasteiger partial charge in [0.2, 0.25) is 0 Å². The molecule has 1 heterocycles. The Balaban J connectivity index is 1.94. The van der Waals surface area contributed by atoms with Crippen molar-refractivity contribution in [2.75, 3.05) is 0 Å². The molecule has 0 fully saturated rings. The summed E-state index contributed by atoms with van der Waals surface area (Å²) in [6.07, 6.45) is 1.87. The smallest absolute Gasteiger partial charge is 0.111 e. The van der Waals surface area contributed by atoms with Crippen molar-refractivity contribution >= 4 is 38.2 Å². The molecule has 4 heteroatoms. The summed E-state index contributed by atoms with van der Waals surface area (Å²) in [6.45, 7) is 0. The van der Waals surface area contributed by atoms with Crippen LogP contribution in [0.25, 0.3) is 10.9 Å². The summed E-state index contributed by atoms with van der Waals surface area (Å²) in [5, 5.41) is 9.58. The van der Waals surface area contributed by atoms with Crippen LogP contribution in [-0.2, 0) is 0 Å². The molecule has 0 saturated heterocycles. The number of rotatable bonds is 2. The van der Waals surface area contributed by atoms with Crippen LogP contribution in [0, 0.1) is 0 Å². The zero-order valence-electron chi connectivity index (χ0n) is 9.47. The largest absolute Gasteiger partial charge is 0.359 e. The predicted molar refractivity (Wildman–Crippen MR) is 76.6 cm³/mol. The Morgan fingerprint density at radius 3 is 2.50 bits per heavy atom. The maximum absolute atomic E-state index is 4.27. The number of halogens is 1. The van der Waals surface area contributed by atoms with Crippen LogP contribution in [0.5, 0.6) is 0 Å². The molecule has 2 aromatic carbocycles. The number of nitrogens with zero attached hydrogens (tertiary/aromatic N) is 2. The molecule has 0 unspecified atom stereocenters. The van der Waals surface area contributed by atoms with Gasteiger partial charge < -0.3 is 4.98 Å². The van der Waals surface area contributed by atoms with Crippen molar-refractivity contribution in [1.82, 2.24) is 4.98 Å². The fourth-order valence-corrected chi connectivity index (χ4v) is 2.02. The molecular formula is C14H10BrN3. The van der Waals surface area contributed by atoms with Crippen molar-refractivity contribution in [2.24, 2.45) is 10.2 Å². The lowest BCUT2D eigenvalue weighted by Crippen LogP contribution is -1.65. The third-order valence-corrected chi connectivity index (χ3v) is 3.20. The molecule has 3 aromatic rings. The van der Waals surface area contributed by atoms with Crippen LogP contribution in [0.3, 0.4) is 0 Å². The number of azo groups is 1.